The van der Waals surface area contributed by atoms with Crippen molar-refractivity contribution in [2.45, 2.75) is 173 Å². The highest BCUT2D eigenvalue weighted by Gasteiger charge is 2.45. The minimum Gasteiger partial charge on any atom is -0.279 e. The van der Waals surface area contributed by atoms with Gasteiger partial charge in [0.25, 0.3) is 0 Å². The largest absolute Gasteiger partial charge is 0.279 e. The van der Waals surface area contributed by atoms with Crippen LogP contribution in [0.15, 0.2) is 0 Å². The second kappa shape index (κ2) is 13.4. The van der Waals surface area contributed by atoms with E-state index in [1.165, 1.54) is 12.1 Å². The average molecular weight is 524 g/mol. The van der Waals surface area contributed by atoms with E-state index in [0.717, 1.165) is 65.4 Å². The number of likely N-dealkylation sites (tertiary alicyclic amines) is 1. The van der Waals surface area contributed by atoms with Crippen LogP contribution in [-0.4, -0.2) is 38.9 Å². The lowest BCUT2D eigenvalue weighted by Gasteiger charge is -2.43. The number of carbonyl (C=O) groups is 2. The molecular weight excluding hydrogens is 463 g/mol. The molecule has 0 bridgehead atoms. The van der Waals surface area contributed by atoms with E-state index in [0.29, 0.717) is 0 Å². The molecule has 0 spiro atoms. The van der Waals surface area contributed by atoms with Gasteiger partial charge in [-0.1, -0.05) is 141 Å². The third-order valence-corrected chi connectivity index (χ3v) is 25.9. The number of nitrogens with zero attached hydrogens (tertiary/aromatic N) is 1. The molecule has 1 heterocycles. The van der Waals surface area contributed by atoms with Gasteiger partial charge in [0.05, 0.1) is 16.1 Å². The summed E-state index contributed by atoms with van der Waals surface area (Å²) in [6, 6.07) is 2.73. The Morgan fingerprint density at radius 3 is 1.37 bits per heavy atom. The van der Waals surface area contributed by atoms with E-state index in [-0.39, 0.29) is 23.8 Å². The molecule has 2 amide bonds. The third kappa shape index (κ3) is 6.91. The normalized spacial score (nSPS) is 20.1. The van der Waals surface area contributed by atoms with Crippen LogP contribution < -0.4 is 0 Å². The molecule has 0 aliphatic carbocycles. The lowest BCUT2D eigenvalue weighted by molar-refractivity contribution is -0.144. The molecule has 35 heavy (non-hydrogen) atoms. The van der Waals surface area contributed by atoms with E-state index in [9.17, 15) is 9.59 Å². The molecule has 206 valence electrons. The van der Waals surface area contributed by atoms with Crippen molar-refractivity contribution >= 4 is 28.0 Å². The second-order valence-electron chi connectivity index (χ2n) is 13.8. The van der Waals surface area contributed by atoms with Gasteiger partial charge in [-0.2, -0.15) is 0 Å². The van der Waals surface area contributed by atoms with Gasteiger partial charge in [0.1, 0.15) is 0 Å². The summed E-state index contributed by atoms with van der Waals surface area (Å²) in [5, 5.41) is 0. The van der Waals surface area contributed by atoms with E-state index < -0.39 is 16.1 Å². The standard InChI is InChI=1S/C30H61NO2Si2/c1-21(2)34(22(3)4,23(5)6)18-14-16-28-20-29(31(27(13)32)30(28)33)17-15-19-35(24(7)8,25(9)10)26(11)12/h21-26,28-29H,14-20H2,1-13H3/t28-,29+/m1/s1. The zero-order chi connectivity index (χ0) is 27.3. The number of hydrogen-bond donors (Lipinski definition) is 0. The maximum atomic E-state index is 13.3. The molecule has 1 rings (SSSR count). The van der Waals surface area contributed by atoms with Crippen LogP contribution in [0.25, 0.3) is 0 Å². The molecule has 0 radical (unpaired) electrons. The predicted octanol–water partition coefficient (Wildman–Crippen LogP) is 9.67. The molecule has 0 N–H and O–H groups in total. The van der Waals surface area contributed by atoms with Crippen LogP contribution in [-0.2, 0) is 9.59 Å². The Kier molecular flexibility index (Phi) is 12.5. The molecule has 0 aromatic heterocycles. The van der Waals surface area contributed by atoms with Gasteiger partial charge in [-0.3, -0.25) is 14.5 Å². The second-order valence-corrected chi connectivity index (χ2v) is 26.1. The first-order valence-electron chi connectivity index (χ1n) is 14.9. The van der Waals surface area contributed by atoms with Crippen molar-refractivity contribution in [1.82, 2.24) is 4.90 Å². The molecule has 3 nitrogen and oxygen atoms in total. The molecule has 1 fully saturated rings. The maximum absolute atomic E-state index is 13.3. The quantitative estimate of drug-likeness (QED) is 0.212. The summed E-state index contributed by atoms with van der Waals surface area (Å²) < 4.78 is 0. The Balaban J connectivity index is 2.90. The highest BCUT2D eigenvalue weighted by molar-refractivity contribution is 6.84. The fraction of sp³-hybridized carbons (Fsp3) is 0.933. The first-order valence-corrected chi connectivity index (χ1v) is 19.8. The third-order valence-electron chi connectivity index (χ3n) is 10.6. The summed E-state index contributed by atoms with van der Waals surface area (Å²) in [4.78, 5) is 27.5. The van der Waals surface area contributed by atoms with E-state index >= 15 is 0 Å². The zero-order valence-corrected chi connectivity index (χ0v) is 27.8. The number of rotatable bonds is 14. The molecule has 0 saturated carbocycles. The number of carbonyl (C=O) groups excluding carboxylic acids is 2. The molecule has 0 aromatic carbocycles. The Bertz CT molecular complexity index is 640. The van der Waals surface area contributed by atoms with Crippen molar-refractivity contribution < 1.29 is 9.59 Å². The molecule has 1 saturated heterocycles. The first kappa shape index (κ1) is 32.6. The van der Waals surface area contributed by atoms with Gasteiger partial charge in [-0.15, -0.1) is 0 Å². The van der Waals surface area contributed by atoms with Gasteiger partial charge in [0.15, 0.2) is 0 Å². The topological polar surface area (TPSA) is 37.4 Å². The summed E-state index contributed by atoms with van der Waals surface area (Å²) in [7, 11) is -2.88. The monoisotopic (exact) mass is 523 g/mol. The molecular formula is C30H61NO2Si2. The van der Waals surface area contributed by atoms with Crippen LogP contribution in [0.5, 0.6) is 0 Å². The fourth-order valence-electron chi connectivity index (χ4n) is 8.84. The Morgan fingerprint density at radius 1 is 0.714 bits per heavy atom. The number of hydrogen-bond acceptors (Lipinski definition) is 2. The van der Waals surface area contributed by atoms with Crippen LogP contribution in [0, 0.1) is 5.92 Å². The van der Waals surface area contributed by atoms with Crippen LogP contribution in [0.1, 0.15) is 122 Å². The molecule has 5 heteroatoms. The minimum atomic E-state index is -1.44. The maximum Gasteiger partial charge on any atom is 0.232 e. The summed E-state index contributed by atoms with van der Waals surface area (Å²) >= 11 is 0. The molecule has 1 aliphatic rings. The zero-order valence-electron chi connectivity index (χ0n) is 25.8. The highest BCUT2D eigenvalue weighted by Crippen LogP contribution is 2.47. The number of imide groups is 1. The van der Waals surface area contributed by atoms with Crippen molar-refractivity contribution in [2.75, 3.05) is 0 Å². The lowest BCUT2D eigenvalue weighted by Crippen LogP contribution is -2.44. The van der Waals surface area contributed by atoms with Gasteiger partial charge in [0.2, 0.25) is 11.8 Å². The van der Waals surface area contributed by atoms with Crippen molar-refractivity contribution in [2.24, 2.45) is 5.92 Å². The first-order chi connectivity index (χ1) is 16.1. The lowest BCUT2D eigenvalue weighted by atomic mass is 9.98. The molecule has 0 unspecified atom stereocenters. The van der Waals surface area contributed by atoms with Gasteiger partial charge in [-0.25, -0.2) is 0 Å². The molecule has 1 aliphatic heterocycles. The summed E-state index contributed by atoms with van der Waals surface area (Å²) in [6.07, 6.45) is 5.13. The van der Waals surface area contributed by atoms with Crippen LogP contribution in [0.2, 0.25) is 45.3 Å². The Labute approximate surface area is 221 Å². The predicted molar refractivity (Wildman–Crippen MR) is 160 cm³/mol. The fourth-order valence-corrected chi connectivity index (χ4v) is 21.9. The van der Waals surface area contributed by atoms with Gasteiger partial charge < -0.3 is 0 Å². The van der Waals surface area contributed by atoms with Crippen molar-refractivity contribution in [3.63, 3.8) is 0 Å². The van der Waals surface area contributed by atoms with E-state index in [4.69, 9.17) is 0 Å². The van der Waals surface area contributed by atoms with E-state index in [1.54, 1.807) is 11.8 Å². The minimum absolute atomic E-state index is 0.0437. The van der Waals surface area contributed by atoms with Crippen LogP contribution in [0.4, 0.5) is 0 Å². The smallest absolute Gasteiger partial charge is 0.232 e. The van der Waals surface area contributed by atoms with Crippen molar-refractivity contribution in [3.05, 3.63) is 0 Å². The Hall–Kier alpha value is -0.426. The van der Waals surface area contributed by atoms with Crippen molar-refractivity contribution in [3.8, 4) is 0 Å². The SMILES string of the molecule is CC(=O)N1C(=O)[C@H](CCC[Si](C(C)C)(C(C)C)C(C)C)C[C@@H]1CCC[Si](C(C)C)(C(C)C)C(C)C. The summed E-state index contributed by atoms with van der Waals surface area (Å²) in [5.41, 5.74) is 4.56. The Morgan fingerprint density at radius 2 is 1.06 bits per heavy atom. The summed E-state index contributed by atoms with van der Waals surface area (Å²) in [6.45, 7) is 30.7. The van der Waals surface area contributed by atoms with Gasteiger partial charge in [0, 0.05) is 18.9 Å². The van der Waals surface area contributed by atoms with E-state index in [2.05, 4.69) is 83.1 Å². The van der Waals surface area contributed by atoms with Gasteiger partial charge >= 0.3 is 0 Å². The van der Waals surface area contributed by atoms with E-state index in [1.807, 2.05) is 0 Å². The summed E-state index contributed by atoms with van der Waals surface area (Å²) in [5.74, 6) is 0.121. The van der Waals surface area contributed by atoms with Crippen LogP contribution in [0.3, 0.4) is 0 Å². The highest BCUT2D eigenvalue weighted by atomic mass is 28.3. The van der Waals surface area contributed by atoms with Crippen LogP contribution >= 0.6 is 0 Å². The number of amides is 2. The molecule has 0 aromatic rings. The van der Waals surface area contributed by atoms with Gasteiger partial charge in [-0.05, 0) is 19.3 Å². The average Bonchev–Trinajstić information content (AvgIpc) is 3.02. The molecule has 2 atom stereocenters. The van der Waals surface area contributed by atoms with Crippen molar-refractivity contribution in [1.29, 1.82) is 0 Å².